The highest BCUT2D eigenvalue weighted by Gasteiger charge is 2.22. The van der Waals surface area contributed by atoms with Gasteiger partial charge in [-0.15, -0.1) is 0 Å². The zero-order valence-electron chi connectivity index (χ0n) is 12.1. The van der Waals surface area contributed by atoms with Crippen molar-refractivity contribution in [2.24, 2.45) is 11.7 Å². The van der Waals surface area contributed by atoms with E-state index in [4.69, 9.17) is 10.8 Å². The van der Waals surface area contributed by atoms with E-state index < -0.39 is 36.3 Å². The maximum atomic E-state index is 11.8. The summed E-state index contributed by atoms with van der Waals surface area (Å²) < 4.78 is 0. The van der Waals surface area contributed by atoms with Gasteiger partial charge in [-0.25, -0.2) is 0 Å². The van der Waals surface area contributed by atoms with Crippen molar-refractivity contribution in [3.8, 4) is 0 Å². The van der Waals surface area contributed by atoms with Crippen LogP contribution in [-0.4, -0.2) is 54.5 Å². The minimum Gasteiger partial charge on any atom is -0.480 e. The van der Waals surface area contributed by atoms with Crippen LogP contribution in [0.2, 0.25) is 0 Å². The number of hydrogen-bond acceptors (Lipinski definition) is 5. The monoisotopic (exact) mass is 302 g/mol. The van der Waals surface area contributed by atoms with Gasteiger partial charge in [-0.3, -0.25) is 19.2 Å². The Kier molecular flexibility index (Phi) is 8.70. The second kappa shape index (κ2) is 9.70. The summed E-state index contributed by atoms with van der Waals surface area (Å²) in [4.78, 5) is 44.8. The van der Waals surface area contributed by atoms with E-state index in [9.17, 15) is 19.2 Å². The van der Waals surface area contributed by atoms with Gasteiger partial charge in [0.25, 0.3) is 0 Å². The number of amides is 3. The summed E-state index contributed by atoms with van der Waals surface area (Å²) in [6.07, 6.45) is 0.349. The number of carbonyl (C=O) groups excluding carboxylic acids is 3. The summed E-state index contributed by atoms with van der Waals surface area (Å²) in [5.74, 6) is -2.67. The fourth-order valence-electron chi connectivity index (χ4n) is 1.49. The van der Waals surface area contributed by atoms with E-state index in [0.717, 1.165) is 0 Å². The first kappa shape index (κ1) is 18.8. The molecule has 9 heteroatoms. The molecule has 120 valence electrons. The van der Waals surface area contributed by atoms with Gasteiger partial charge in [-0.05, 0) is 12.3 Å². The Hall–Kier alpha value is -2.16. The summed E-state index contributed by atoms with van der Waals surface area (Å²) >= 11 is 0. The molecule has 0 rings (SSSR count). The third-order valence-corrected chi connectivity index (χ3v) is 2.40. The standard InChI is InChI=1S/C12H22N4O5/c1-7(2)3-8(12(21)15-6-11(19)20)16-10(18)5-14-9(17)4-13/h7-8H,3-6,13H2,1-2H3,(H,14,17)(H,15,21)(H,16,18)(H,19,20)/t8-/m0/s1. The molecule has 0 aliphatic carbocycles. The molecule has 0 unspecified atom stereocenters. The SMILES string of the molecule is CC(C)C[C@H](NC(=O)CNC(=O)CN)C(=O)NCC(=O)O. The van der Waals surface area contributed by atoms with Gasteiger partial charge in [-0.1, -0.05) is 13.8 Å². The van der Waals surface area contributed by atoms with E-state index in [1.807, 2.05) is 13.8 Å². The maximum absolute atomic E-state index is 11.8. The molecule has 0 aromatic rings. The molecule has 0 aliphatic heterocycles. The van der Waals surface area contributed by atoms with Crippen LogP contribution in [0.4, 0.5) is 0 Å². The molecular formula is C12H22N4O5. The van der Waals surface area contributed by atoms with Crippen molar-refractivity contribution in [1.82, 2.24) is 16.0 Å². The summed E-state index contributed by atoms with van der Waals surface area (Å²) in [6, 6.07) is -0.855. The van der Waals surface area contributed by atoms with Crippen LogP contribution in [-0.2, 0) is 19.2 Å². The predicted octanol–water partition coefficient (Wildman–Crippen LogP) is -2.21. The van der Waals surface area contributed by atoms with Crippen molar-refractivity contribution < 1.29 is 24.3 Å². The smallest absolute Gasteiger partial charge is 0.322 e. The number of rotatable bonds is 9. The normalized spacial score (nSPS) is 11.6. The Morgan fingerprint density at radius 3 is 2.14 bits per heavy atom. The largest absolute Gasteiger partial charge is 0.480 e. The van der Waals surface area contributed by atoms with E-state index in [0.29, 0.717) is 6.42 Å². The number of carbonyl (C=O) groups is 4. The number of carboxylic acid groups (broad SMARTS) is 1. The Balaban J connectivity index is 4.46. The van der Waals surface area contributed by atoms with Gasteiger partial charge in [0.15, 0.2) is 0 Å². The van der Waals surface area contributed by atoms with Crippen molar-refractivity contribution in [3.05, 3.63) is 0 Å². The summed E-state index contributed by atoms with van der Waals surface area (Å²) in [7, 11) is 0. The molecule has 0 aromatic heterocycles. The number of nitrogens with one attached hydrogen (secondary N) is 3. The number of nitrogens with two attached hydrogens (primary N) is 1. The van der Waals surface area contributed by atoms with Gasteiger partial charge in [0.2, 0.25) is 17.7 Å². The quantitative estimate of drug-likeness (QED) is 0.326. The Labute approximate surface area is 122 Å². The Morgan fingerprint density at radius 1 is 1.05 bits per heavy atom. The van der Waals surface area contributed by atoms with E-state index in [1.54, 1.807) is 0 Å². The van der Waals surface area contributed by atoms with Crippen LogP contribution < -0.4 is 21.7 Å². The van der Waals surface area contributed by atoms with E-state index in [1.165, 1.54) is 0 Å². The van der Waals surface area contributed by atoms with Crippen LogP contribution in [0.1, 0.15) is 20.3 Å². The van der Waals surface area contributed by atoms with E-state index >= 15 is 0 Å². The number of hydrogen-bond donors (Lipinski definition) is 5. The minimum atomic E-state index is -1.17. The van der Waals surface area contributed by atoms with Gasteiger partial charge in [0, 0.05) is 0 Å². The molecule has 0 bridgehead atoms. The van der Waals surface area contributed by atoms with Crippen LogP contribution >= 0.6 is 0 Å². The Morgan fingerprint density at radius 2 is 1.67 bits per heavy atom. The van der Waals surface area contributed by atoms with Gasteiger partial charge < -0.3 is 26.8 Å². The highest BCUT2D eigenvalue weighted by molar-refractivity contribution is 5.91. The fraction of sp³-hybridized carbons (Fsp3) is 0.667. The van der Waals surface area contributed by atoms with Gasteiger partial charge in [-0.2, -0.15) is 0 Å². The van der Waals surface area contributed by atoms with Crippen molar-refractivity contribution in [2.45, 2.75) is 26.3 Å². The van der Waals surface area contributed by atoms with E-state index in [2.05, 4.69) is 16.0 Å². The Bertz CT molecular complexity index is 397. The zero-order valence-corrected chi connectivity index (χ0v) is 12.1. The van der Waals surface area contributed by atoms with Crippen LogP contribution in [0.5, 0.6) is 0 Å². The van der Waals surface area contributed by atoms with Crippen molar-refractivity contribution in [1.29, 1.82) is 0 Å². The third-order valence-electron chi connectivity index (χ3n) is 2.40. The van der Waals surface area contributed by atoms with E-state index in [-0.39, 0.29) is 19.0 Å². The molecule has 0 spiro atoms. The minimum absolute atomic E-state index is 0.115. The molecule has 0 heterocycles. The molecule has 0 aromatic carbocycles. The average molecular weight is 302 g/mol. The van der Waals surface area contributed by atoms with Gasteiger partial charge in [0.05, 0.1) is 13.1 Å². The molecule has 0 saturated carbocycles. The first-order valence-corrected chi connectivity index (χ1v) is 6.51. The zero-order chi connectivity index (χ0) is 16.4. The molecule has 21 heavy (non-hydrogen) atoms. The summed E-state index contributed by atoms with van der Waals surface area (Å²) in [5, 5.41) is 15.5. The summed E-state index contributed by atoms with van der Waals surface area (Å²) in [6.45, 7) is 2.67. The lowest BCUT2D eigenvalue weighted by Gasteiger charge is -2.19. The molecule has 0 fully saturated rings. The van der Waals surface area contributed by atoms with Crippen LogP contribution in [0.15, 0.2) is 0 Å². The summed E-state index contributed by atoms with van der Waals surface area (Å²) in [5.41, 5.74) is 5.08. The number of aliphatic carboxylic acids is 1. The third kappa shape index (κ3) is 9.38. The molecular weight excluding hydrogens is 280 g/mol. The van der Waals surface area contributed by atoms with Crippen LogP contribution in [0, 0.1) is 5.92 Å². The lowest BCUT2D eigenvalue weighted by atomic mass is 10.0. The number of carboxylic acids is 1. The molecule has 1 atom stereocenters. The molecule has 0 saturated heterocycles. The first-order chi connectivity index (χ1) is 9.76. The second-order valence-corrected chi connectivity index (χ2v) is 4.84. The highest BCUT2D eigenvalue weighted by Crippen LogP contribution is 2.04. The predicted molar refractivity (Wildman–Crippen MR) is 74.1 cm³/mol. The van der Waals surface area contributed by atoms with Crippen molar-refractivity contribution >= 4 is 23.7 Å². The molecule has 0 radical (unpaired) electrons. The lowest BCUT2D eigenvalue weighted by molar-refractivity contribution is -0.138. The van der Waals surface area contributed by atoms with Gasteiger partial charge >= 0.3 is 5.97 Å². The van der Waals surface area contributed by atoms with Crippen LogP contribution in [0.3, 0.4) is 0 Å². The van der Waals surface area contributed by atoms with Crippen molar-refractivity contribution in [2.75, 3.05) is 19.6 Å². The highest BCUT2D eigenvalue weighted by atomic mass is 16.4. The second-order valence-electron chi connectivity index (χ2n) is 4.84. The molecule has 0 aliphatic rings. The van der Waals surface area contributed by atoms with Gasteiger partial charge in [0.1, 0.15) is 12.6 Å². The average Bonchev–Trinajstić information content (AvgIpc) is 2.40. The first-order valence-electron chi connectivity index (χ1n) is 6.51. The molecule has 6 N–H and O–H groups in total. The fourth-order valence-corrected chi connectivity index (χ4v) is 1.49. The van der Waals surface area contributed by atoms with Crippen molar-refractivity contribution in [3.63, 3.8) is 0 Å². The van der Waals surface area contributed by atoms with Crippen LogP contribution in [0.25, 0.3) is 0 Å². The molecule has 3 amide bonds. The maximum Gasteiger partial charge on any atom is 0.322 e. The molecule has 9 nitrogen and oxygen atoms in total. The lowest BCUT2D eigenvalue weighted by Crippen LogP contribution is -2.51. The topological polar surface area (TPSA) is 151 Å².